The highest BCUT2D eigenvalue weighted by molar-refractivity contribution is 7.92. The number of anilines is 1. The van der Waals surface area contributed by atoms with E-state index < -0.39 is 10.0 Å². The molecule has 5 heteroatoms. The van der Waals surface area contributed by atoms with Gasteiger partial charge in [-0.2, -0.15) is 0 Å². The number of hydrogen-bond donors (Lipinski definition) is 1. The Hall–Kier alpha value is -2.14. The van der Waals surface area contributed by atoms with Crippen LogP contribution in [0.2, 0.25) is 0 Å². The lowest BCUT2D eigenvalue weighted by atomic mass is 10.2. The molecule has 4 nitrogen and oxygen atoms in total. The van der Waals surface area contributed by atoms with Crippen molar-refractivity contribution in [2.75, 3.05) is 4.72 Å². The number of aryl methyl sites for hydroxylation is 1. The minimum atomic E-state index is -3.76. The lowest BCUT2D eigenvalue weighted by Gasteiger charge is -2.11. The van der Waals surface area contributed by atoms with Crippen molar-refractivity contribution in [3.8, 4) is 0 Å². The van der Waals surface area contributed by atoms with E-state index in [1.807, 2.05) is 19.1 Å². The monoisotopic (exact) mass is 275 g/mol. The van der Waals surface area contributed by atoms with Gasteiger partial charge in [-0.25, -0.2) is 8.42 Å². The molecule has 0 unspecified atom stereocenters. The van der Waals surface area contributed by atoms with Crippen LogP contribution in [0.3, 0.4) is 0 Å². The summed E-state index contributed by atoms with van der Waals surface area (Å²) in [5, 5.41) is 0. The number of para-hydroxylation sites is 1. The first-order valence-electron chi connectivity index (χ1n) is 5.67. The van der Waals surface area contributed by atoms with E-state index in [1.54, 1.807) is 24.3 Å². The maximum Gasteiger partial charge on any atom is 0.262 e. The Morgan fingerprint density at radius 1 is 1.00 bits per heavy atom. The number of carbonyl (C=O) groups is 1. The molecule has 0 aliphatic rings. The van der Waals surface area contributed by atoms with Gasteiger partial charge in [0.15, 0.2) is 6.29 Å². The zero-order chi connectivity index (χ0) is 13.9. The van der Waals surface area contributed by atoms with E-state index in [0.29, 0.717) is 12.0 Å². The standard InChI is InChI=1S/C14H13NO3S/c1-11-6-2-4-8-13(11)15-19(17,18)14-9-5-3-7-12(14)10-16/h2-10,15H,1H3. The highest BCUT2D eigenvalue weighted by Gasteiger charge is 2.18. The third-order valence-electron chi connectivity index (χ3n) is 2.72. The normalized spacial score (nSPS) is 11.0. The zero-order valence-corrected chi connectivity index (χ0v) is 11.1. The van der Waals surface area contributed by atoms with Crippen molar-refractivity contribution in [1.29, 1.82) is 0 Å². The van der Waals surface area contributed by atoms with E-state index in [1.165, 1.54) is 12.1 Å². The quantitative estimate of drug-likeness (QED) is 0.872. The van der Waals surface area contributed by atoms with Crippen LogP contribution in [-0.4, -0.2) is 14.7 Å². The third-order valence-corrected chi connectivity index (χ3v) is 4.16. The van der Waals surface area contributed by atoms with Gasteiger partial charge >= 0.3 is 0 Å². The van der Waals surface area contributed by atoms with E-state index in [9.17, 15) is 13.2 Å². The molecular formula is C14H13NO3S. The molecule has 0 bridgehead atoms. The molecule has 0 aromatic heterocycles. The number of nitrogens with one attached hydrogen (secondary N) is 1. The molecule has 0 heterocycles. The highest BCUT2D eigenvalue weighted by atomic mass is 32.2. The molecule has 0 atom stereocenters. The molecule has 0 aliphatic carbocycles. The van der Waals surface area contributed by atoms with Crippen LogP contribution < -0.4 is 4.72 Å². The molecule has 0 amide bonds. The molecule has 2 aromatic carbocycles. The molecule has 19 heavy (non-hydrogen) atoms. The van der Waals surface area contributed by atoms with Gasteiger partial charge in [-0.15, -0.1) is 0 Å². The average Bonchev–Trinajstić information content (AvgIpc) is 2.41. The van der Waals surface area contributed by atoms with Gasteiger partial charge in [-0.05, 0) is 24.6 Å². The van der Waals surface area contributed by atoms with Crippen LogP contribution >= 0.6 is 0 Å². The smallest absolute Gasteiger partial charge is 0.262 e. The van der Waals surface area contributed by atoms with Crippen LogP contribution in [0, 0.1) is 6.92 Å². The summed E-state index contributed by atoms with van der Waals surface area (Å²) in [6, 6.07) is 13.1. The number of rotatable bonds is 4. The Balaban J connectivity index is 2.44. The van der Waals surface area contributed by atoms with Crippen molar-refractivity contribution in [2.45, 2.75) is 11.8 Å². The van der Waals surface area contributed by atoms with Crippen LogP contribution in [0.25, 0.3) is 0 Å². The van der Waals surface area contributed by atoms with Gasteiger partial charge in [0.05, 0.1) is 10.6 Å². The SMILES string of the molecule is Cc1ccccc1NS(=O)(=O)c1ccccc1C=O. The summed E-state index contributed by atoms with van der Waals surface area (Å²) in [6.07, 6.45) is 0.534. The van der Waals surface area contributed by atoms with E-state index in [4.69, 9.17) is 0 Å². The van der Waals surface area contributed by atoms with Gasteiger partial charge in [-0.3, -0.25) is 9.52 Å². The molecule has 1 N–H and O–H groups in total. The number of benzene rings is 2. The Morgan fingerprint density at radius 3 is 2.32 bits per heavy atom. The van der Waals surface area contributed by atoms with Crippen LogP contribution in [0.4, 0.5) is 5.69 Å². The molecule has 98 valence electrons. The largest absolute Gasteiger partial charge is 0.298 e. The Labute approximate surface area is 112 Å². The fraction of sp³-hybridized carbons (Fsp3) is 0.0714. The minimum Gasteiger partial charge on any atom is -0.298 e. The maximum atomic E-state index is 12.3. The molecule has 0 spiro atoms. The molecule has 2 aromatic rings. The minimum absolute atomic E-state index is 0.0201. The van der Waals surface area contributed by atoms with Gasteiger partial charge in [-0.1, -0.05) is 36.4 Å². The Bertz CT molecular complexity index is 708. The summed E-state index contributed by atoms with van der Waals surface area (Å²) in [7, 11) is -3.76. The molecule has 0 saturated heterocycles. The number of hydrogen-bond acceptors (Lipinski definition) is 3. The lowest BCUT2D eigenvalue weighted by molar-refractivity contribution is 0.112. The van der Waals surface area contributed by atoms with Crippen LogP contribution in [-0.2, 0) is 10.0 Å². The first-order chi connectivity index (χ1) is 9.04. The second-order valence-electron chi connectivity index (χ2n) is 4.08. The number of sulfonamides is 1. The fourth-order valence-electron chi connectivity index (χ4n) is 1.71. The van der Waals surface area contributed by atoms with Gasteiger partial charge in [0.1, 0.15) is 0 Å². The molecule has 0 saturated carbocycles. The second kappa shape index (κ2) is 5.24. The fourth-order valence-corrected chi connectivity index (χ4v) is 3.02. The Morgan fingerprint density at radius 2 is 1.63 bits per heavy atom. The Kier molecular flexibility index (Phi) is 3.66. The molecular weight excluding hydrogens is 262 g/mol. The predicted octanol–water partition coefficient (Wildman–Crippen LogP) is 2.61. The van der Waals surface area contributed by atoms with Crippen molar-refractivity contribution in [1.82, 2.24) is 0 Å². The molecule has 0 fully saturated rings. The molecule has 2 rings (SSSR count). The van der Waals surface area contributed by atoms with Crippen LogP contribution in [0.5, 0.6) is 0 Å². The first-order valence-corrected chi connectivity index (χ1v) is 7.15. The summed E-state index contributed by atoms with van der Waals surface area (Å²) in [6.45, 7) is 1.81. The predicted molar refractivity (Wildman–Crippen MR) is 73.8 cm³/mol. The summed E-state index contributed by atoms with van der Waals surface area (Å²) in [4.78, 5) is 10.9. The van der Waals surface area contributed by atoms with Crippen molar-refractivity contribution in [2.24, 2.45) is 0 Å². The molecule has 0 radical (unpaired) electrons. The van der Waals surface area contributed by atoms with Crippen molar-refractivity contribution in [3.63, 3.8) is 0 Å². The van der Waals surface area contributed by atoms with Gasteiger partial charge in [0, 0.05) is 5.56 Å². The van der Waals surface area contributed by atoms with Crippen LogP contribution in [0.1, 0.15) is 15.9 Å². The number of carbonyl (C=O) groups excluding carboxylic acids is 1. The average molecular weight is 275 g/mol. The molecule has 0 aliphatic heterocycles. The topological polar surface area (TPSA) is 63.2 Å². The van der Waals surface area contributed by atoms with Crippen LogP contribution in [0.15, 0.2) is 53.4 Å². The van der Waals surface area contributed by atoms with Gasteiger partial charge < -0.3 is 0 Å². The number of aldehydes is 1. The summed E-state index contributed by atoms with van der Waals surface area (Å²) in [5.41, 5.74) is 1.46. The van der Waals surface area contributed by atoms with E-state index >= 15 is 0 Å². The van der Waals surface area contributed by atoms with E-state index in [-0.39, 0.29) is 10.5 Å². The maximum absolute atomic E-state index is 12.3. The summed E-state index contributed by atoms with van der Waals surface area (Å²) in [5.74, 6) is 0. The van der Waals surface area contributed by atoms with Gasteiger partial charge in [0.25, 0.3) is 10.0 Å². The van der Waals surface area contributed by atoms with Crippen molar-refractivity contribution < 1.29 is 13.2 Å². The zero-order valence-electron chi connectivity index (χ0n) is 10.3. The highest BCUT2D eigenvalue weighted by Crippen LogP contribution is 2.20. The summed E-state index contributed by atoms with van der Waals surface area (Å²) < 4.78 is 27.0. The second-order valence-corrected chi connectivity index (χ2v) is 5.73. The van der Waals surface area contributed by atoms with E-state index in [2.05, 4.69) is 4.72 Å². The van der Waals surface area contributed by atoms with Gasteiger partial charge in [0.2, 0.25) is 0 Å². The van der Waals surface area contributed by atoms with E-state index in [0.717, 1.165) is 5.56 Å². The first kappa shape index (κ1) is 13.3. The van der Waals surface area contributed by atoms with Crippen molar-refractivity contribution >= 4 is 22.0 Å². The summed E-state index contributed by atoms with van der Waals surface area (Å²) >= 11 is 0. The third kappa shape index (κ3) is 2.82. The van der Waals surface area contributed by atoms with Crippen molar-refractivity contribution in [3.05, 3.63) is 59.7 Å². The lowest BCUT2D eigenvalue weighted by Crippen LogP contribution is -2.15.